The number of amides is 2. The van der Waals surface area contributed by atoms with Crippen molar-refractivity contribution in [2.45, 2.75) is 27.7 Å². The minimum Gasteiger partial charge on any atom is -0.321 e. The van der Waals surface area contributed by atoms with E-state index in [1.807, 2.05) is 0 Å². The number of anilines is 2. The lowest BCUT2D eigenvalue weighted by molar-refractivity contribution is -0.385. The number of nitro benzene ring substituents is 2. The highest BCUT2D eigenvalue weighted by Crippen LogP contribution is 2.28. The summed E-state index contributed by atoms with van der Waals surface area (Å²) in [6.07, 6.45) is 0. The summed E-state index contributed by atoms with van der Waals surface area (Å²) >= 11 is 0. The number of nitro groups is 2. The van der Waals surface area contributed by atoms with Crippen LogP contribution in [0.2, 0.25) is 0 Å². The predicted octanol–water partition coefficient (Wildman–Crippen LogP) is 5.24. The molecule has 0 heterocycles. The maximum atomic E-state index is 12.8. The zero-order valence-corrected chi connectivity index (χ0v) is 19.0. The monoisotopic (exact) mass is 462 g/mol. The fourth-order valence-corrected chi connectivity index (χ4v) is 3.66. The van der Waals surface area contributed by atoms with E-state index in [9.17, 15) is 29.8 Å². The molecule has 0 fully saturated rings. The number of hydrogen-bond acceptors (Lipinski definition) is 6. The van der Waals surface area contributed by atoms with Crippen molar-refractivity contribution in [2.24, 2.45) is 0 Å². The molecule has 3 aromatic carbocycles. The summed E-state index contributed by atoms with van der Waals surface area (Å²) in [5.41, 5.74) is 3.40. The normalized spacial score (nSPS) is 10.5. The molecular weight excluding hydrogens is 440 g/mol. The van der Waals surface area contributed by atoms with Crippen LogP contribution in [0, 0.1) is 47.9 Å². The van der Waals surface area contributed by atoms with Crippen molar-refractivity contribution < 1.29 is 19.4 Å². The molecule has 0 aliphatic rings. The van der Waals surface area contributed by atoms with Gasteiger partial charge in [0.25, 0.3) is 23.2 Å². The first kappa shape index (κ1) is 24.1. The van der Waals surface area contributed by atoms with Gasteiger partial charge < -0.3 is 10.6 Å². The van der Waals surface area contributed by atoms with Crippen LogP contribution in [0.15, 0.2) is 48.5 Å². The van der Waals surface area contributed by atoms with Crippen molar-refractivity contribution in [2.75, 3.05) is 10.6 Å². The van der Waals surface area contributed by atoms with E-state index < -0.39 is 21.7 Å². The van der Waals surface area contributed by atoms with Gasteiger partial charge in [-0.15, -0.1) is 0 Å². The van der Waals surface area contributed by atoms with Crippen molar-refractivity contribution in [3.05, 3.63) is 102 Å². The van der Waals surface area contributed by atoms with Gasteiger partial charge in [0.2, 0.25) is 0 Å². The molecule has 0 saturated heterocycles. The average molecular weight is 462 g/mol. The van der Waals surface area contributed by atoms with Gasteiger partial charge in [-0.3, -0.25) is 29.8 Å². The summed E-state index contributed by atoms with van der Waals surface area (Å²) in [6.45, 7) is 6.64. The number of non-ortho nitro benzene ring substituents is 2. The van der Waals surface area contributed by atoms with E-state index in [1.54, 1.807) is 45.9 Å². The van der Waals surface area contributed by atoms with Crippen LogP contribution in [0.4, 0.5) is 22.7 Å². The van der Waals surface area contributed by atoms with Crippen LogP contribution in [0.5, 0.6) is 0 Å². The van der Waals surface area contributed by atoms with Crippen LogP contribution in [0.25, 0.3) is 0 Å². The molecule has 2 N–H and O–H groups in total. The Morgan fingerprint density at radius 2 is 0.971 bits per heavy atom. The molecule has 2 amide bonds. The zero-order valence-electron chi connectivity index (χ0n) is 19.0. The average Bonchev–Trinajstić information content (AvgIpc) is 2.78. The maximum Gasteiger partial charge on any atom is 0.270 e. The van der Waals surface area contributed by atoms with Crippen LogP contribution in [-0.4, -0.2) is 21.7 Å². The van der Waals surface area contributed by atoms with E-state index in [2.05, 4.69) is 10.6 Å². The minimum absolute atomic E-state index is 0.0662. The fourth-order valence-electron chi connectivity index (χ4n) is 3.66. The topological polar surface area (TPSA) is 144 Å². The van der Waals surface area contributed by atoms with E-state index in [1.165, 1.54) is 30.3 Å². The zero-order chi connectivity index (χ0) is 25.2. The number of benzene rings is 3. The highest BCUT2D eigenvalue weighted by molar-refractivity contribution is 6.09. The Bertz CT molecular complexity index is 1200. The lowest BCUT2D eigenvalue weighted by Crippen LogP contribution is -2.17. The second-order valence-corrected chi connectivity index (χ2v) is 7.91. The van der Waals surface area contributed by atoms with Gasteiger partial charge in [0, 0.05) is 46.8 Å². The highest BCUT2D eigenvalue weighted by Gasteiger charge is 2.18. The quantitative estimate of drug-likeness (QED) is 0.378. The molecule has 0 atom stereocenters. The molecule has 0 aromatic heterocycles. The number of nitrogens with zero attached hydrogens (tertiary/aromatic N) is 2. The van der Waals surface area contributed by atoms with Crippen LogP contribution >= 0.6 is 0 Å². The second kappa shape index (κ2) is 9.49. The van der Waals surface area contributed by atoms with Crippen LogP contribution in [0.1, 0.15) is 43.0 Å². The molecule has 34 heavy (non-hydrogen) atoms. The first-order valence-corrected chi connectivity index (χ1v) is 10.2. The molecule has 0 saturated carbocycles. The summed E-state index contributed by atoms with van der Waals surface area (Å²) < 4.78 is 0. The summed E-state index contributed by atoms with van der Waals surface area (Å²) in [7, 11) is 0. The van der Waals surface area contributed by atoms with Gasteiger partial charge in [0.15, 0.2) is 0 Å². The van der Waals surface area contributed by atoms with Crippen molar-refractivity contribution >= 4 is 34.6 Å². The van der Waals surface area contributed by atoms with Crippen LogP contribution < -0.4 is 10.6 Å². The van der Waals surface area contributed by atoms with Gasteiger partial charge in [-0.05, 0) is 68.1 Å². The number of carbonyl (C=O) groups is 2. The van der Waals surface area contributed by atoms with E-state index in [4.69, 9.17) is 0 Å². The number of aryl methyl sites for hydroxylation is 4. The van der Waals surface area contributed by atoms with Gasteiger partial charge in [-0.1, -0.05) is 6.07 Å². The summed E-state index contributed by atoms with van der Waals surface area (Å²) in [6, 6.07) is 11.6. The maximum absolute atomic E-state index is 12.8. The Morgan fingerprint density at radius 3 is 1.26 bits per heavy atom. The third kappa shape index (κ3) is 5.07. The van der Waals surface area contributed by atoms with Gasteiger partial charge in [0.05, 0.1) is 9.85 Å². The number of carbonyl (C=O) groups excluding carboxylic acids is 2. The second-order valence-electron chi connectivity index (χ2n) is 7.91. The highest BCUT2D eigenvalue weighted by atomic mass is 16.6. The van der Waals surface area contributed by atoms with E-state index >= 15 is 0 Å². The largest absolute Gasteiger partial charge is 0.321 e. The number of rotatable bonds is 6. The molecule has 0 radical (unpaired) electrons. The Hall–Kier alpha value is -4.60. The van der Waals surface area contributed by atoms with Crippen molar-refractivity contribution in [1.82, 2.24) is 0 Å². The van der Waals surface area contributed by atoms with Crippen LogP contribution in [0.3, 0.4) is 0 Å². The third-order valence-electron chi connectivity index (χ3n) is 5.32. The lowest BCUT2D eigenvalue weighted by atomic mass is 10.1. The van der Waals surface area contributed by atoms with Crippen molar-refractivity contribution in [3.8, 4) is 0 Å². The standard InChI is InChI=1S/C24H22N4O6/c1-13-8-19(27(31)32)9-14(2)21(13)25-23(29)17-6-5-7-18(12-17)24(30)26-22-15(3)10-20(28(33)34)11-16(22)4/h5-12H,1-4H3,(H,25,29)(H,26,30). The van der Waals surface area contributed by atoms with E-state index in [-0.39, 0.29) is 22.5 Å². The summed E-state index contributed by atoms with van der Waals surface area (Å²) in [5.74, 6) is -0.949. The first-order chi connectivity index (χ1) is 16.0. The Balaban J connectivity index is 1.83. The molecular formula is C24H22N4O6. The molecule has 0 unspecified atom stereocenters. The van der Waals surface area contributed by atoms with Gasteiger partial charge in [0.1, 0.15) is 0 Å². The lowest BCUT2D eigenvalue weighted by Gasteiger charge is -2.13. The van der Waals surface area contributed by atoms with Crippen molar-refractivity contribution in [3.63, 3.8) is 0 Å². The smallest absolute Gasteiger partial charge is 0.270 e. The summed E-state index contributed by atoms with van der Waals surface area (Å²) in [5, 5.41) is 27.6. The molecule has 10 heteroatoms. The van der Waals surface area contributed by atoms with Gasteiger partial charge in [-0.25, -0.2) is 0 Å². The number of hydrogen-bond donors (Lipinski definition) is 2. The molecule has 0 aliphatic carbocycles. The molecule has 174 valence electrons. The summed E-state index contributed by atoms with van der Waals surface area (Å²) in [4.78, 5) is 46.7. The van der Waals surface area contributed by atoms with Gasteiger partial charge in [-0.2, -0.15) is 0 Å². The Kier molecular flexibility index (Phi) is 6.71. The van der Waals surface area contributed by atoms with E-state index in [0.29, 0.717) is 33.6 Å². The first-order valence-electron chi connectivity index (χ1n) is 10.2. The molecule has 10 nitrogen and oxygen atoms in total. The minimum atomic E-state index is -0.498. The predicted molar refractivity (Wildman–Crippen MR) is 127 cm³/mol. The molecule has 3 rings (SSSR count). The molecule has 0 aliphatic heterocycles. The Morgan fingerprint density at radius 1 is 0.647 bits per heavy atom. The third-order valence-corrected chi connectivity index (χ3v) is 5.32. The molecule has 0 bridgehead atoms. The van der Waals surface area contributed by atoms with Crippen LogP contribution in [-0.2, 0) is 0 Å². The van der Waals surface area contributed by atoms with E-state index in [0.717, 1.165) is 0 Å². The number of nitrogens with one attached hydrogen (secondary N) is 2. The van der Waals surface area contributed by atoms with Gasteiger partial charge >= 0.3 is 0 Å². The molecule has 0 spiro atoms. The SMILES string of the molecule is Cc1cc([N+](=O)[O-])cc(C)c1NC(=O)c1cccc(C(=O)Nc2c(C)cc([N+](=O)[O-])cc2C)c1. The fraction of sp³-hybridized carbons (Fsp3) is 0.167. The Labute approximate surface area is 194 Å². The van der Waals surface area contributed by atoms with Crippen molar-refractivity contribution in [1.29, 1.82) is 0 Å². The molecule has 3 aromatic rings.